The summed E-state index contributed by atoms with van der Waals surface area (Å²) in [4.78, 5) is 2.59. The van der Waals surface area contributed by atoms with Gasteiger partial charge in [0.25, 0.3) is 0 Å². The molecule has 0 radical (unpaired) electrons. The lowest BCUT2D eigenvalue weighted by atomic mass is 9.13. The molecule has 1 nitrogen and oxygen atoms in total. The molecule has 2 heterocycles. The number of fused-ring (bicyclic) bond motifs is 2. The van der Waals surface area contributed by atoms with E-state index in [1.54, 1.807) is 48.5 Å². The second-order valence-electron chi connectivity index (χ2n) is 10.6. The minimum Gasteiger partial charge on any atom is -0.300 e. The van der Waals surface area contributed by atoms with E-state index in [0.717, 1.165) is 33.9 Å². The van der Waals surface area contributed by atoms with Crippen LogP contribution in [-0.4, -0.2) is 30.2 Å². The maximum Gasteiger partial charge on any atom is 0.122 e. The van der Waals surface area contributed by atoms with Crippen LogP contribution >= 0.6 is 0 Å². The summed E-state index contributed by atoms with van der Waals surface area (Å²) in [6, 6.07) is 26.0. The van der Waals surface area contributed by atoms with Crippen molar-refractivity contribution < 1.29 is 17.6 Å². The molecule has 0 saturated carbocycles. The average Bonchev–Trinajstić information content (AvgIpc) is 3.11. The van der Waals surface area contributed by atoms with Crippen LogP contribution in [0.3, 0.4) is 0 Å². The molecule has 2 bridgehead atoms. The van der Waals surface area contributed by atoms with Gasteiger partial charge >= 0.3 is 0 Å². The molecule has 6 heteroatoms. The van der Waals surface area contributed by atoms with E-state index in [1.807, 2.05) is 0 Å². The zero-order chi connectivity index (χ0) is 26.7. The number of rotatable bonds is 4. The molecule has 4 aromatic rings. The molecular formula is C32H31BF4N-. The summed E-state index contributed by atoms with van der Waals surface area (Å²) in [5.41, 5.74) is 2.99. The molecule has 0 aliphatic carbocycles. The Morgan fingerprint density at radius 1 is 0.474 bits per heavy atom. The van der Waals surface area contributed by atoms with Gasteiger partial charge in [-0.25, -0.2) is 17.6 Å². The zero-order valence-electron chi connectivity index (χ0n) is 21.5. The first-order valence-corrected chi connectivity index (χ1v) is 13.3. The molecule has 38 heavy (non-hydrogen) atoms. The average molecular weight is 516 g/mol. The van der Waals surface area contributed by atoms with Crippen molar-refractivity contribution in [3.05, 3.63) is 120 Å². The number of hydrogen-bond donors (Lipinski definition) is 0. The first kappa shape index (κ1) is 26.2. The highest BCUT2D eigenvalue weighted by molar-refractivity contribution is 7.19. The minimum atomic E-state index is -1.94. The molecule has 0 amide bonds. The van der Waals surface area contributed by atoms with Crippen LogP contribution in [0.2, 0.25) is 0 Å². The number of piperidine rings is 1. The second-order valence-corrected chi connectivity index (χ2v) is 10.6. The zero-order valence-corrected chi connectivity index (χ0v) is 21.5. The fraction of sp³-hybridized carbons (Fsp3) is 0.250. The van der Waals surface area contributed by atoms with E-state index >= 15 is 0 Å². The molecule has 0 unspecified atom stereocenters. The normalized spacial score (nSPS) is 19.1. The van der Waals surface area contributed by atoms with Gasteiger partial charge in [-0.1, -0.05) is 55.0 Å². The van der Waals surface area contributed by atoms with Gasteiger partial charge in [-0.15, -0.1) is 0 Å². The van der Waals surface area contributed by atoms with Gasteiger partial charge in [0, 0.05) is 12.1 Å². The van der Waals surface area contributed by atoms with Gasteiger partial charge in [-0.05, 0) is 81.3 Å². The molecule has 0 aromatic heterocycles. The summed E-state index contributed by atoms with van der Waals surface area (Å²) in [7, 11) is 2.29. The maximum absolute atomic E-state index is 13.7. The number of benzene rings is 4. The summed E-state index contributed by atoms with van der Waals surface area (Å²) in [5.74, 6) is -1.57. The van der Waals surface area contributed by atoms with Crippen LogP contribution in [-0.2, 0) is 0 Å². The second kappa shape index (κ2) is 11.2. The van der Waals surface area contributed by atoms with Crippen LogP contribution in [0, 0.1) is 23.3 Å². The summed E-state index contributed by atoms with van der Waals surface area (Å²) in [5, 5.41) is 0. The monoisotopic (exact) mass is 516 g/mol. The molecule has 2 saturated heterocycles. The van der Waals surface area contributed by atoms with Crippen molar-refractivity contribution in [3.8, 4) is 0 Å². The third-order valence-corrected chi connectivity index (χ3v) is 8.54. The van der Waals surface area contributed by atoms with Crippen LogP contribution in [0.15, 0.2) is 97.1 Å². The Morgan fingerprint density at radius 2 is 0.737 bits per heavy atom. The lowest BCUT2D eigenvalue weighted by molar-refractivity contribution is 0.179. The molecular weight excluding hydrogens is 485 g/mol. The van der Waals surface area contributed by atoms with E-state index < -0.39 is 29.4 Å². The van der Waals surface area contributed by atoms with Crippen LogP contribution in [0.5, 0.6) is 0 Å². The minimum absolute atomic E-state index is 0.393. The largest absolute Gasteiger partial charge is 0.300 e. The molecule has 0 N–H and O–H groups in total. The summed E-state index contributed by atoms with van der Waals surface area (Å²) in [6.45, 7) is 0. The van der Waals surface area contributed by atoms with E-state index in [0.29, 0.717) is 0 Å². The van der Waals surface area contributed by atoms with E-state index in [2.05, 4.69) is 11.9 Å². The van der Waals surface area contributed by atoms with Gasteiger partial charge in [0.15, 0.2) is 0 Å². The first-order valence-electron chi connectivity index (χ1n) is 13.3. The Labute approximate surface area is 222 Å². The van der Waals surface area contributed by atoms with Gasteiger partial charge < -0.3 is 4.90 Å². The Morgan fingerprint density at radius 3 is 0.974 bits per heavy atom. The Bertz CT molecular complexity index is 1140. The topological polar surface area (TPSA) is 3.24 Å². The van der Waals surface area contributed by atoms with Gasteiger partial charge in [-0.2, -0.15) is 21.9 Å². The molecule has 6 rings (SSSR count). The lowest BCUT2D eigenvalue weighted by Crippen LogP contribution is -2.74. The molecule has 0 spiro atoms. The van der Waals surface area contributed by atoms with E-state index in [4.69, 9.17) is 0 Å². The Kier molecular flexibility index (Phi) is 7.71. The fourth-order valence-corrected chi connectivity index (χ4v) is 6.54. The van der Waals surface area contributed by atoms with Crippen LogP contribution in [0.25, 0.3) is 0 Å². The standard InChI is InChI=1S/C24H16BF4.C8H15N/c26-21-9-1-17(2-10-21)25(18-3-11-22(27)12-4-18,19-5-13-23(28)14-6-19)20-7-15-24(29)16-8-20;1-9-7-3-2-4-8(9)6-5-7/h1-16H;7-8H,2-6H2,1H3/q-1;/t;7-,8+. The quantitative estimate of drug-likeness (QED) is 0.265. The SMILES string of the molecule is CN1[C@@H]2CCC[C@H]1CC2.Fc1ccc([B-](c2ccc(F)cc2)(c2ccc(F)cc2)c2ccc(F)cc2)cc1. The van der Waals surface area contributed by atoms with Crippen LogP contribution < -0.4 is 21.9 Å². The first-order chi connectivity index (χ1) is 18.4. The van der Waals surface area contributed by atoms with E-state index in [-0.39, 0.29) is 0 Å². The summed E-state index contributed by atoms with van der Waals surface area (Å²) >= 11 is 0. The predicted molar refractivity (Wildman–Crippen MR) is 148 cm³/mol. The Hall–Kier alpha value is -3.38. The highest BCUT2D eigenvalue weighted by atomic mass is 19.1. The van der Waals surface area contributed by atoms with Crippen LogP contribution in [0.4, 0.5) is 17.6 Å². The van der Waals surface area contributed by atoms with Gasteiger partial charge in [0.05, 0.1) is 0 Å². The van der Waals surface area contributed by atoms with Crippen LogP contribution in [0.1, 0.15) is 32.1 Å². The number of nitrogens with zero attached hydrogens (tertiary/aromatic N) is 1. The van der Waals surface area contributed by atoms with E-state index in [1.165, 1.54) is 80.6 Å². The lowest BCUT2D eigenvalue weighted by Gasteiger charge is -2.44. The third-order valence-electron chi connectivity index (χ3n) is 8.54. The number of hydrogen-bond acceptors (Lipinski definition) is 1. The van der Waals surface area contributed by atoms with Crippen molar-refractivity contribution in [2.45, 2.75) is 44.2 Å². The highest BCUT2D eigenvalue weighted by Crippen LogP contribution is 2.33. The Balaban J connectivity index is 0.000000273. The van der Waals surface area contributed by atoms with Crippen molar-refractivity contribution in [1.29, 1.82) is 0 Å². The van der Waals surface area contributed by atoms with Crippen molar-refractivity contribution in [2.75, 3.05) is 7.05 Å². The molecule has 2 atom stereocenters. The molecule has 4 aromatic carbocycles. The highest BCUT2D eigenvalue weighted by Gasteiger charge is 2.33. The fourth-order valence-electron chi connectivity index (χ4n) is 6.54. The van der Waals surface area contributed by atoms with Crippen molar-refractivity contribution >= 4 is 28.0 Å². The molecule has 2 fully saturated rings. The maximum atomic E-state index is 13.7. The van der Waals surface area contributed by atoms with E-state index in [9.17, 15) is 17.6 Å². The smallest absolute Gasteiger partial charge is 0.122 e. The third kappa shape index (κ3) is 5.15. The van der Waals surface area contributed by atoms with Crippen molar-refractivity contribution in [2.24, 2.45) is 0 Å². The van der Waals surface area contributed by atoms with Gasteiger partial charge in [0.2, 0.25) is 0 Å². The van der Waals surface area contributed by atoms with Crippen molar-refractivity contribution in [1.82, 2.24) is 4.90 Å². The molecule has 2 aliphatic heterocycles. The summed E-state index contributed by atoms with van der Waals surface area (Å²) < 4.78 is 54.8. The molecule has 2 aliphatic rings. The molecule has 196 valence electrons. The summed E-state index contributed by atoms with van der Waals surface area (Å²) in [6.07, 6.45) is 5.42. The number of halogens is 4. The van der Waals surface area contributed by atoms with Gasteiger partial charge in [0.1, 0.15) is 29.4 Å². The predicted octanol–water partition coefficient (Wildman–Crippen LogP) is 5.25. The van der Waals surface area contributed by atoms with Gasteiger partial charge in [-0.3, -0.25) is 0 Å². The van der Waals surface area contributed by atoms with Crippen molar-refractivity contribution in [3.63, 3.8) is 0 Å².